The van der Waals surface area contributed by atoms with E-state index in [1.807, 2.05) is 6.92 Å². The van der Waals surface area contributed by atoms with Crippen LogP contribution < -0.4 is 10.1 Å². The molecule has 2 aromatic carbocycles. The number of rotatable bonds is 5. The van der Waals surface area contributed by atoms with Crippen LogP contribution in [0.2, 0.25) is 5.02 Å². The molecule has 0 aliphatic carbocycles. The van der Waals surface area contributed by atoms with Gasteiger partial charge in [0.2, 0.25) is 5.75 Å². The zero-order chi connectivity index (χ0) is 18.7. The van der Waals surface area contributed by atoms with Crippen LogP contribution in [0.15, 0.2) is 48.7 Å². The van der Waals surface area contributed by atoms with Gasteiger partial charge in [-0.2, -0.15) is 0 Å². The van der Waals surface area contributed by atoms with Crippen molar-refractivity contribution in [3.63, 3.8) is 0 Å². The lowest BCUT2D eigenvalue weighted by Crippen LogP contribution is -2.11. The molecule has 9 heteroatoms. The molecule has 3 rings (SSSR count). The SMILES string of the molecule is Cc1cnc(NC(=O)c2ccc(Oc3ccc(Cl)cc3[N+](=O)[O-])cc2)s1. The molecule has 0 atom stereocenters. The van der Waals surface area contributed by atoms with E-state index in [1.54, 1.807) is 30.5 Å². The molecule has 0 bridgehead atoms. The monoisotopic (exact) mass is 389 g/mol. The number of aromatic nitrogens is 1. The standard InChI is InChI=1S/C17H12ClN3O4S/c1-10-9-19-17(26-10)20-16(22)11-2-5-13(6-3-11)25-15-7-4-12(18)8-14(15)21(23)24/h2-9H,1H3,(H,19,20,22). The predicted molar refractivity (Wildman–Crippen MR) is 99.4 cm³/mol. The number of nitro benzene ring substituents is 1. The topological polar surface area (TPSA) is 94.4 Å². The van der Waals surface area contributed by atoms with Gasteiger partial charge < -0.3 is 4.74 Å². The first kappa shape index (κ1) is 17.8. The maximum absolute atomic E-state index is 12.2. The van der Waals surface area contributed by atoms with Crippen LogP contribution >= 0.6 is 22.9 Å². The van der Waals surface area contributed by atoms with Gasteiger partial charge in [-0.1, -0.05) is 11.6 Å². The summed E-state index contributed by atoms with van der Waals surface area (Å²) in [6, 6.07) is 10.4. The number of halogens is 1. The molecule has 26 heavy (non-hydrogen) atoms. The number of nitrogens with zero attached hydrogens (tertiary/aromatic N) is 2. The van der Waals surface area contributed by atoms with E-state index in [9.17, 15) is 14.9 Å². The molecule has 1 N–H and O–H groups in total. The van der Waals surface area contributed by atoms with Crippen LogP contribution in [-0.4, -0.2) is 15.8 Å². The Morgan fingerprint density at radius 3 is 2.62 bits per heavy atom. The lowest BCUT2D eigenvalue weighted by molar-refractivity contribution is -0.385. The number of anilines is 1. The van der Waals surface area contributed by atoms with E-state index in [0.29, 0.717) is 16.4 Å². The van der Waals surface area contributed by atoms with Crippen LogP contribution in [0.5, 0.6) is 11.5 Å². The number of hydrogen-bond donors (Lipinski definition) is 1. The molecule has 132 valence electrons. The third-order valence-corrected chi connectivity index (χ3v) is 4.37. The van der Waals surface area contributed by atoms with Gasteiger partial charge in [-0.05, 0) is 43.3 Å². The molecule has 0 saturated carbocycles. The highest BCUT2D eigenvalue weighted by Gasteiger charge is 2.17. The molecule has 0 radical (unpaired) electrons. The highest BCUT2D eigenvalue weighted by molar-refractivity contribution is 7.15. The van der Waals surface area contributed by atoms with Crippen molar-refractivity contribution >= 4 is 39.7 Å². The molecule has 0 unspecified atom stereocenters. The molecular formula is C17H12ClN3O4S. The van der Waals surface area contributed by atoms with E-state index in [2.05, 4.69) is 10.3 Å². The second-order valence-electron chi connectivity index (χ2n) is 5.23. The summed E-state index contributed by atoms with van der Waals surface area (Å²) in [4.78, 5) is 27.8. The van der Waals surface area contributed by atoms with Crippen LogP contribution in [0.3, 0.4) is 0 Å². The maximum Gasteiger partial charge on any atom is 0.313 e. The quantitative estimate of drug-likeness (QED) is 0.486. The number of nitrogens with one attached hydrogen (secondary N) is 1. The number of carbonyl (C=O) groups is 1. The highest BCUT2D eigenvalue weighted by Crippen LogP contribution is 2.33. The fraction of sp³-hybridized carbons (Fsp3) is 0.0588. The first-order chi connectivity index (χ1) is 12.4. The van der Waals surface area contributed by atoms with Gasteiger partial charge in [-0.3, -0.25) is 20.2 Å². The van der Waals surface area contributed by atoms with E-state index in [4.69, 9.17) is 16.3 Å². The van der Waals surface area contributed by atoms with Crippen molar-refractivity contribution in [2.75, 3.05) is 5.32 Å². The van der Waals surface area contributed by atoms with Gasteiger partial charge in [0.25, 0.3) is 5.91 Å². The lowest BCUT2D eigenvalue weighted by atomic mass is 10.2. The van der Waals surface area contributed by atoms with Crippen molar-refractivity contribution in [2.24, 2.45) is 0 Å². The van der Waals surface area contributed by atoms with E-state index in [1.165, 1.54) is 29.5 Å². The Kier molecular flexibility index (Phi) is 5.15. The molecule has 0 aliphatic rings. The summed E-state index contributed by atoms with van der Waals surface area (Å²) in [5.41, 5.74) is 0.175. The second-order valence-corrected chi connectivity index (χ2v) is 6.90. The minimum absolute atomic E-state index is 0.0647. The Bertz CT molecular complexity index is 972. The first-order valence-electron chi connectivity index (χ1n) is 7.38. The minimum Gasteiger partial charge on any atom is -0.450 e. The normalized spacial score (nSPS) is 10.4. The van der Waals surface area contributed by atoms with Crippen LogP contribution in [0, 0.1) is 17.0 Å². The minimum atomic E-state index is -0.570. The molecule has 1 aromatic heterocycles. The molecule has 0 aliphatic heterocycles. The maximum atomic E-state index is 12.2. The predicted octanol–water partition coefficient (Wildman–Crippen LogP) is 5.06. The Hall–Kier alpha value is -2.97. The summed E-state index contributed by atoms with van der Waals surface area (Å²) >= 11 is 7.16. The van der Waals surface area contributed by atoms with Crippen LogP contribution in [-0.2, 0) is 0 Å². The van der Waals surface area contributed by atoms with Gasteiger partial charge >= 0.3 is 5.69 Å². The van der Waals surface area contributed by atoms with Gasteiger partial charge in [0.05, 0.1) is 4.92 Å². The molecule has 3 aromatic rings. The zero-order valence-corrected chi connectivity index (χ0v) is 15.0. The largest absolute Gasteiger partial charge is 0.450 e. The summed E-state index contributed by atoms with van der Waals surface area (Å²) < 4.78 is 5.54. The third kappa shape index (κ3) is 4.16. The van der Waals surface area contributed by atoms with Gasteiger partial charge in [0.15, 0.2) is 5.13 Å². The van der Waals surface area contributed by atoms with Crippen molar-refractivity contribution in [2.45, 2.75) is 6.92 Å². The summed E-state index contributed by atoms with van der Waals surface area (Å²) in [6.07, 6.45) is 1.68. The third-order valence-electron chi connectivity index (χ3n) is 3.30. The lowest BCUT2D eigenvalue weighted by Gasteiger charge is -2.07. The molecule has 0 fully saturated rings. The molecular weight excluding hydrogens is 378 g/mol. The first-order valence-corrected chi connectivity index (χ1v) is 8.57. The fourth-order valence-electron chi connectivity index (χ4n) is 2.10. The Balaban J connectivity index is 1.74. The summed E-state index contributed by atoms with van der Waals surface area (Å²) in [5.74, 6) is 0.121. The number of aryl methyl sites for hydroxylation is 1. The Labute approximate surface area is 157 Å². The van der Waals surface area contributed by atoms with Gasteiger partial charge in [-0.25, -0.2) is 4.98 Å². The Morgan fingerprint density at radius 1 is 1.27 bits per heavy atom. The molecule has 1 amide bonds. The van der Waals surface area contributed by atoms with Crippen molar-refractivity contribution in [3.05, 3.63) is 74.2 Å². The van der Waals surface area contributed by atoms with Gasteiger partial charge in [-0.15, -0.1) is 11.3 Å². The molecule has 1 heterocycles. The van der Waals surface area contributed by atoms with E-state index < -0.39 is 4.92 Å². The summed E-state index contributed by atoms with van der Waals surface area (Å²) in [6.45, 7) is 1.90. The fourth-order valence-corrected chi connectivity index (χ4v) is 2.93. The van der Waals surface area contributed by atoms with E-state index >= 15 is 0 Å². The molecule has 7 nitrogen and oxygen atoms in total. The van der Waals surface area contributed by atoms with Crippen LogP contribution in [0.4, 0.5) is 10.8 Å². The number of ether oxygens (including phenoxy) is 1. The Morgan fingerprint density at radius 2 is 2.00 bits per heavy atom. The zero-order valence-electron chi connectivity index (χ0n) is 13.4. The van der Waals surface area contributed by atoms with Crippen molar-refractivity contribution in [3.8, 4) is 11.5 Å². The number of nitro groups is 1. The number of thiazole rings is 1. The van der Waals surface area contributed by atoms with Crippen molar-refractivity contribution in [1.82, 2.24) is 4.98 Å². The van der Waals surface area contributed by atoms with Gasteiger partial charge in [0.1, 0.15) is 5.75 Å². The number of carbonyl (C=O) groups excluding carboxylic acids is 1. The average molecular weight is 390 g/mol. The van der Waals surface area contributed by atoms with Gasteiger partial charge in [0, 0.05) is 27.7 Å². The molecule has 0 saturated heterocycles. The number of benzene rings is 2. The number of amides is 1. The number of hydrogen-bond acceptors (Lipinski definition) is 6. The smallest absolute Gasteiger partial charge is 0.313 e. The summed E-state index contributed by atoms with van der Waals surface area (Å²) in [7, 11) is 0. The highest BCUT2D eigenvalue weighted by atomic mass is 35.5. The second kappa shape index (κ2) is 7.51. The van der Waals surface area contributed by atoms with E-state index in [-0.39, 0.29) is 22.4 Å². The average Bonchev–Trinajstić information content (AvgIpc) is 3.01. The van der Waals surface area contributed by atoms with Crippen molar-refractivity contribution < 1.29 is 14.5 Å². The van der Waals surface area contributed by atoms with Crippen molar-refractivity contribution in [1.29, 1.82) is 0 Å². The van der Waals surface area contributed by atoms with E-state index in [0.717, 1.165) is 4.88 Å². The molecule has 0 spiro atoms. The van der Waals surface area contributed by atoms with Crippen LogP contribution in [0.1, 0.15) is 15.2 Å². The van der Waals surface area contributed by atoms with Crippen LogP contribution in [0.25, 0.3) is 0 Å². The summed E-state index contributed by atoms with van der Waals surface area (Å²) in [5, 5.41) is 14.6.